The van der Waals surface area contributed by atoms with Gasteiger partial charge < -0.3 is 105 Å². The minimum atomic E-state index is -1.23. The fourth-order valence-electron chi connectivity index (χ4n) is 13.8. The van der Waals surface area contributed by atoms with Crippen molar-refractivity contribution in [1.82, 2.24) is 52.3 Å². The third-order valence-corrected chi connectivity index (χ3v) is 21.2. The van der Waals surface area contributed by atoms with E-state index >= 15 is 0 Å². The summed E-state index contributed by atoms with van der Waals surface area (Å²) in [5.74, 6) is -6.36. The first-order chi connectivity index (χ1) is 55.6. The molecule has 0 radical (unpaired) electrons. The van der Waals surface area contributed by atoms with Crippen molar-refractivity contribution in [2.75, 3.05) is 98.5 Å². The SMILES string of the molecule is CCC(OC(=O)CCC(=O)O)C(=O)N(CCCCN(CCCNC(=O)CCCNC(=O)CCCCOC1OC(COC(C)=O)C(C)C(C)C1NC(C)=O)C(=O)CCCNC(=O)CCCCOC1OC(COC(C)=O)C(C)C(C)C1NC(C)=O)CCCNC(=O)CCCNC(=O)CCCCOC1OC(COC(C)=O)C(C)C(C)C1NC(C)=O. The molecule has 3 heterocycles. The number of ether oxygens (including phenoxy) is 10. The number of carboxylic acid groups (broad SMARTS) is 1. The molecule has 117 heavy (non-hydrogen) atoms. The van der Waals surface area contributed by atoms with Crippen LogP contribution in [-0.2, 0) is 119 Å². The molecule has 0 spiro atoms. The van der Waals surface area contributed by atoms with Crippen LogP contribution in [0.3, 0.4) is 0 Å². The van der Waals surface area contributed by atoms with E-state index in [1.165, 1.54) is 46.4 Å². The highest BCUT2D eigenvalue weighted by Gasteiger charge is 2.46. The molecule has 3 rings (SSSR count). The molecule has 16 atom stereocenters. The monoisotopic (exact) mass is 1670 g/mol. The number of carbonyl (C=O) groups is 15. The van der Waals surface area contributed by atoms with Gasteiger partial charge in [0.05, 0.1) is 49.3 Å². The average molecular weight is 1670 g/mol. The molecule has 36 nitrogen and oxygen atoms in total. The Labute approximate surface area is 689 Å². The number of esters is 4. The summed E-state index contributed by atoms with van der Waals surface area (Å²) < 4.78 is 57.8. The Morgan fingerprint density at radius 3 is 0.974 bits per heavy atom. The van der Waals surface area contributed by atoms with Crippen LogP contribution in [0, 0.1) is 35.5 Å². The Morgan fingerprint density at radius 2 is 0.658 bits per heavy atom. The lowest BCUT2D eigenvalue weighted by atomic mass is 9.82. The van der Waals surface area contributed by atoms with Gasteiger partial charge in [0, 0.05) is 159 Å². The predicted molar refractivity (Wildman–Crippen MR) is 425 cm³/mol. The molecule has 3 saturated heterocycles. The molecule has 3 aliphatic heterocycles. The zero-order chi connectivity index (χ0) is 86.9. The summed E-state index contributed by atoms with van der Waals surface area (Å²) >= 11 is 0. The number of nitrogens with zero attached hydrogens (tertiary/aromatic N) is 2. The van der Waals surface area contributed by atoms with Gasteiger partial charge in [0.15, 0.2) is 25.0 Å². The lowest BCUT2D eigenvalue weighted by Gasteiger charge is -2.44. The smallest absolute Gasteiger partial charge is 0.307 e. The van der Waals surface area contributed by atoms with Crippen molar-refractivity contribution in [3.05, 3.63) is 0 Å². The van der Waals surface area contributed by atoms with E-state index in [-0.39, 0.29) is 232 Å². The molecule has 0 bridgehead atoms. The number of aliphatic carboxylic acids is 1. The van der Waals surface area contributed by atoms with Crippen LogP contribution >= 0.6 is 0 Å². The van der Waals surface area contributed by atoms with E-state index in [9.17, 15) is 77.0 Å². The van der Waals surface area contributed by atoms with Crippen molar-refractivity contribution in [1.29, 1.82) is 0 Å². The van der Waals surface area contributed by atoms with Crippen molar-refractivity contribution in [3.8, 4) is 0 Å². The van der Waals surface area contributed by atoms with Gasteiger partial charge in [0.2, 0.25) is 53.2 Å². The Balaban J connectivity index is 1.57. The highest BCUT2D eigenvalue weighted by molar-refractivity contribution is 5.85. The normalized spacial score (nSPS) is 23.1. The second-order valence-corrected chi connectivity index (χ2v) is 30.8. The number of rotatable bonds is 58. The van der Waals surface area contributed by atoms with Crippen molar-refractivity contribution in [2.45, 2.75) is 293 Å². The molecule has 36 heteroatoms. The number of unbranched alkanes of at least 4 members (excludes halogenated alkanes) is 4. The van der Waals surface area contributed by atoms with Crippen LogP contribution in [0.4, 0.5) is 0 Å². The number of carboxylic acids is 1. The fraction of sp³-hybridized carbons (Fsp3) is 0.815. The van der Waals surface area contributed by atoms with E-state index in [0.717, 1.165) is 0 Å². The lowest BCUT2D eigenvalue weighted by Crippen LogP contribution is -2.58. The predicted octanol–water partition coefficient (Wildman–Crippen LogP) is 4.07. The molecule has 668 valence electrons. The third kappa shape index (κ3) is 42.9. The van der Waals surface area contributed by atoms with Gasteiger partial charge in [-0.05, 0) is 125 Å². The van der Waals surface area contributed by atoms with Gasteiger partial charge in [0.1, 0.15) is 19.8 Å². The second kappa shape index (κ2) is 57.9. The summed E-state index contributed by atoms with van der Waals surface area (Å²) in [5.41, 5.74) is 0. The molecule has 0 aromatic rings. The zero-order valence-corrected chi connectivity index (χ0v) is 71.4. The molecule has 3 fully saturated rings. The van der Waals surface area contributed by atoms with Gasteiger partial charge in [-0.2, -0.15) is 0 Å². The molecule has 16 unspecified atom stereocenters. The summed E-state index contributed by atoms with van der Waals surface area (Å²) in [5, 5.41) is 32.2. The van der Waals surface area contributed by atoms with Gasteiger partial charge in [-0.25, -0.2) is 0 Å². The van der Waals surface area contributed by atoms with Crippen LogP contribution in [0.1, 0.15) is 231 Å². The molecule has 0 saturated carbocycles. The molecule has 9 N–H and O–H groups in total. The summed E-state index contributed by atoms with van der Waals surface area (Å²) in [6.07, 6.45) is 0.495. The second-order valence-electron chi connectivity index (χ2n) is 30.8. The van der Waals surface area contributed by atoms with E-state index in [2.05, 4.69) is 42.5 Å². The van der Waals surface area contributed by atoms with Crippen LogP contribution < -0.4 is 42.5 Å². The van der Waals surface area contributed by atoms with Gasteiger partial charge in [-0.1, -0.05) is 48.5 Å². The summed E-state index contributed by atoms with van der Waals surface area (Å²) in [6.45, 7) is 24.3. The average Bonchev–Trinajstić information content (AvgIpc) is 0.817. The van der Waals surface area contributed by atoms with Crippen LogP contribution in [0.5, 0.6) is 0 Å². The van der Waals surface area contributed by atoms with Crippen LogP contribution in [0.2, 0.25) is 0 Å². The maximum Gasteiger partial charge on any atom is 0.307 e. The number of hydrogen-bond acceptors (Lipinski definition) is 25. The Hall–Kier alpha value is -8.19. The molecule has 3 aliphatic rings. The van der Waals surface area contributed by atoms with Crippen molar-refractivity contribution >= 4 is 88.9 Å². The molecule has 0 aliphatic carbocycles. The Morgan fingerprint density at radius 1 is 0.359 bits per heavy atom. The van der Waals surface area contributed by atoms with Gasteiger partial charge in [0.25, 0.3) is 5.91 Å². The lowest BCUT2D eigenvalue weighted by molar-refractivity contribution is -0.244. The van der Waals surface area contributed by atoms with Crippen molar-refractivity contribution in [2.24, 2.45) is 35.5 Å². The first-order valence-electron chi connectivity index (χ1n) is 42.0. The summed E-state index contributed by atoms with van der Waals surface area (Å²) in [4.78, 5) is 191. The first kappa shape index (κ1) is 103. The maximum absolute atomic E-state index is 14.2. The summed E-state index contributed by atoms with van der Waals surface area (Å²) in [6, 6.07) is -1.33. The number of amides is 10. The molecule has 0 aromatic heterocycles. The number of nitrogens with one attached hydrogen (secondary N) is 8. The first-order valence-corrected chi connectivity index (χ1v) is 42.0. The van der Waals surface area contributed by atoms with Crippen LogP contribution in [0.15, 0.2) is 0 Å². The minimum absolute atomic E-state index is 0.0329. The van der Waals surface area contributed by atoms with Crippen LogP contribution in [0.25, 0.3) is 0 Å². The number of hydrogen-bond donors (Lipinski definition) is 9. The topological polar surface area (TPSA) is 471 Å². The minimum Gasteiger partial charge on any atom is -0.481 e. The Bertz CT molecular complexity index is 3110. The fourth-order valence-corrected chi connectivity index (χ4v) is 13.8. The zero-order valence-electron chi connectivity index (χ0n) is 71.4. The molecular formula is C81H138N10O26. The van der Waals surface area contributed by atoms with E-state index < -0.39 is 110 Å². The van der Waals surface area contributed by atoms with Gasteiger partial charge in [-0.3, -0.25) is 71.9 Å². The van der Waals surface area contributed by atoms with E-state index in [1.807, 2.05) is 41.5 Å². The standard InChI is InChI=1S/C81H138N10O26/c1-14-63(114-74(106)35-34-73(104)105)78(107)91(44-27-40-86-71(102)32-24-37-83-68(99)29-16-21-46-109-80-76(88-58(9)93)55(6)52(3)65(116-80)49-112-61(12)96)42-19-18-41-90(72(103)33-25-38-84-69(100)30-17-22-47-110-81-77(89-59(10)94)56(7)53(4)66(117-81)50-113-62(13)97)43-26-39-85-70(101)31-23-36-82-67(98)28-15-20-45-108-79-75(87-57(8)92)54(5)51(2)64(115-79)48-111-60(11)95/h51-56,63-66,75-77,79-81H,14-50H2,1-13H3,(H,82,98)(H,83,99)(H,84,100)(H,85,101)(H,86,102)(H,87,92)(H,88,93)(H,89,94)(H,104,105). The summed E-state index contributed by atoms with van der Waals surface area (Å²) in [7, 11) is 0. The van der Waals surface area contributed by atoms with Gasteiger partial charge in [-0.15, -0.1) is 0 Å². The van der Waals surface area contributed by atoms with E-state index in [4.69, 9.17) is 47.4 Å². The Kier molecular flexibility index (Phi) is 50.9. The third-order valence-electron chi connectivity index (χ3n) is 21.2. The van der Waals surface area contributed by atoms with E-state index in [1.54, 1.807) is 11.8 Å². The van der Waals surface area contributed by atoms with E-state index in [0.29, 0.717) is 83.5 Å². The maximum atomic E-state index is 14.2. The quantitative estimate of drug-likeness (QED) is 0.0235. The molecule has 10 amide bonds. The van der Waals surface area contributed by atoms with Gasteiger partial charge >= 0.3 is 29.8 Å². The number of carbonyl (C=O) groups excluding carboxylic acids is 14. The highest BCUT2D eigenvalue weighted by atomic mass is 16.7. The van der Waals surface area contributed by atoms with Crippen molar-refractivity contribution < 1.29 is 124 Å². The van der Waals surface area contributed by atoms with Crippen LogP contribution in [-0.4, -0.2) is 264 Å². The largest absolute Gasteiger partial charge is 0.481 e. The van der Waals surface area contributed by atoms with Crippen molar-refractivity contribution in [3.63, 3.8) is 0 Å². The molecule has 0 aromatic carbocycles. The highest BCUT2D eigenvalue weighted by Crippen LogP contribution is 2.35. The molecular weight excluding hydrogens is 1530 g/mol.